The van der Waals surface area contributed by atoms with Crippen molar-refractivity contribution >= 4 is 27.1 Å². The van der Waals surface area contributed by atoms with Crippen LogP contribution in [0.4, 0.5) is 10.8 Å². The van der Waals surface area contributed by atoms with E-state index in [4.69, 9.17) is 5.10 Å². The number of aromatic nitrogens is 4. The lowest BCUT2D eigenvalue weighted by Crippen LogP contribution is -2.10. The maximum absolute atomic E-state index is 4.71. The Bertz CT molecular complexity index is 1010. The summed E-state index contributed by atoms with van der Waals surface area (Å²) in [6.07, 6.45) is 6.46. The Balaban J connectivity index is 1.56. The van der Waals surface area contributed by atoms with Gasteiger partial charge in [-0.3, -0.25) is 4.98 Å². The Morgan fingerprint density at radius 3 is 2.73 bits per heavy atom. The molecule has 0 fully saturated rings. The summed E-state index contributed by atoms with van der Waals surface area (Å²) in [4.78, 5) is 11.6. The molecule has 26 heavy (non-hydrogen) atoms. The molecule has 0 saturated carbocycles. The van der Waals surface area contributed by atoms with E-state index in [1.807, 2.05) is 61.5 Å². The van der Waals surface area contributed by atoms with Crippen LogP contribution >= 0.6 is 11.3 Å². The summed E-state index contributed by atoms with van der Waals surface area (Å²) in [5, 5.41) is 8.99. The number of imidazole rings is 1. The number of para-hydroxylation sites is 1. The summed E-state index contributed by atoms with van der Waals surface area (Å²) in [6, 6.07) is 12.4. The van der Waals surface area contributed by atoms with Crippen LogP contribution in [-0.4, -0.2) is 40.2 Å². The molecule has 132 valence electrons. The van der Waals surface area contributed by atoms with E-state index in [1.165, 1.54) is 5.56 Å². The van der Waals surface area contributed by atoms with E-state index in [9.17, 15) is 0 Å². The first-order chi connectivity index (χ1) is 12.7. The topological polar surface area (TPSA) is 58.4 Å². The molecule has 0 bridgehead atoms. The van der Waals surface area contributed by atoms with Gasteiger partial charge in [0.05, 0.1) is 11.9 Å². The summed E-state index contributed by atoms with van der Waals surface area (Å²) in [7, 11) is 4.09. The van der Waals surface area contributed by atoms with Gasteiger partial charge in [0.25, 0.3) is 0 Å². The van der Waals surface area contributed by atoms with Gasteiger partial charge < -0.3 is 10.2 Å². The Labute approximate surface area is 156 Å². The normalized spacial score (nSPS) is 11.0. The standard InChI is InChI=1S/C19H20N6S/c1-24(2)16-6-4-3-5-15(16)17-13-22-19-25(17)23-18(26-19)21-12-9-14-7-10-20-11-8-14/h3-8,10-11,13H,9,12H2,1-2H3,(H,21,23). The van der Waals surface area contributed by atoms with E-state index in [0.717, 1.165) is 40.0 Å². The third-order valence-electron chi connectivity index (χ3n) is 4.19. The highest BCUT2D eigenvalue weighted by molar-refractivity contribution is 7.20. The van der Waals surface area contributed by atoms with Gasteiger partial charge in [-0.15, -0.1) is 5.10 Å². The molecule has 4 rings (SSSR count). The largest absolute Gasteiger partial charge is 0.377 e. The highest BCUT2D eigenvalue weighted by Gasteiger charge is 2.14. The molecule has 0 spiro atoms. The van der Waals surface area contributed by atoms with E-state index in [2.05, 4.69) is 32.3 Å². The molecule has 0 aliphatic carbocycles. The van der Waals surface area contributed by atoms with Crippen LogP contribution in [0.2, 0.25) is 0 Å². The SMILES string of the molecule is CN(C)c1ccccc1-c1cnc2sc(NCCc3ccncc3)nn12. The van der Waals surface area contributed by atoms with Crippen molar-refractivity contribution in [3.63, 3.8) is 0 Å². The number of pyridine rings is 1. The molecule has 0 saturated heterocycles. The van der Waals surface area contributed by atoms with Crippen molar-refractivity contribution < 1.29 is 0 Å². The Morgan fingerprint density at radius 1 is 1.12 bits per heavy atom. The highest BCUT2D eigenvalue weighted by atomic mass is 32.1. The Hall–Kier alpha value is -2.93. The second-order valence-corrected chi connectivity index (χ2v) is 7.14. The molecule has 1 aromatic carbocycles. The molecule has 0 unspecified atom stereocenters. The third kappa shape index (κ3) is 3.25. The minimum atomic E-state index is 0.824. The molecule has 0 radical (unpaired) electrons. The zero-order valence-electron chi connectivity index (χ0n) is 14.8. The predicted octanol–water partition coefficient (Wildman–Crippen LogP) is 3.57. The van der Waals surface area contributed by atoms with Crippen LogP contribution in [0.15, 0.2) is 55.0 Å². The summed E-state index contributed by atoms with van der Waals surface area (Å²) in [5.74, 6) is 0. The van der Waals surface area contributed by atoms with Crippen LogP contribution in [0.25, 0.3) is 16.2 Å². The number of benzene rings is 1. The van der Waals surface area contributed by atoms with Crippen molar-refractivity contribution in [3.05, 3.63) is 60.6 Å². The quantitative estimate of drug-likeness (QED) is 0.567. The molecule has 4 aromatic rings. The number of nitrogens with zero attached hydrogens (tertiary/aromatic N) is 5. The second-order valence-electron chi connectivity index (χ2n) is 6.19. The summed E-state index contributed by atoms with van der Waals surface area (Å²) in [6.45, 7) is 0.824. The van der Waals surface area contributed by atoms with E-state index in [-0.39, 0.29) is 0 Å². The fraction of sp³-hybridized carbons (Fsp3) is 0.211. The average molecular weight is 364 g/mol. The van der Waals surface area contributed by atoms with Crippen molar-refractivity contribution in [1.82, 2.24) is 19.6 Å². The van der Waals surface area contributed by atoms with Crippen molar-refractivity contribution in [2.24, 2.45) is 0 Å². The Kier molecular flexibility index (Phi) is 4.53. The fourth-order valence-corrected chi connectivity index (χ4v) is 3.69. The van der Waals surface area contributed by atoms with E-state index in [0.29, 0.717) is 0 Å². The minimum absolute atomic E-state index is 0.824. The van der Waals surface area contributed by atoms with Gasteiger partial charge in [-0.05, 0) is 30.2 Å². The van der Waals surface area contributed by atoms with Crippen LogP contribution in [0.5, 0.6) is 0 Å². The first kappa shape index (κ1) is 16.5. The number of hydrogen-bond donors (Lipinski definition) is 1. The van der Waals surface area contributed by atoms with Crippen molar-refractivity contribution in [2.75, 3.05) is 30.9 Å². The minimum Gasteiger partial charge on any atom is -0.377 e. The first-order valence-electron chi connectivity index (χ1n) is 8.46. The zero-order chi connectivity index (χ0) is 17.9. The molecule has 0 atom stereocenters. The molecule has 6 nitrogen and oxygen atoms in total. The first-order valence-corrected chi connectivity index (χ1v) is 9.28. The molecule has 3 heterocycles. The van der Waals surface area contributed by atoms with Gasteiger partial charge in [0, 0.05) is 44.3 Å². The van der Waals surface area contributed by atoms with Crippen molar-refractivity contribution in [3.8, 4) is 11.3 Å². The van der Waals surface area contributed by atoms with E-state index >= 15 is 0 Å². The maximum Gasteiger partial charge on any atom is 0.214 e. The highest BCUT2D eigenvalue weighted by Crippen LogP contribution is 2.32. The molecular formula is C19H20N6S. The van der Waals surface area contributed by atoms with Gasteiger partial charge in [-0.1, -0.05) is 29.5 Å². The lowest BCUT2D eigenvalue weighted by atomic mass is 10.1. The third-order valence-corrected chi connectivity index (χ3v) is 5.07. The lowest BCUT2D eigenvalue weighted by molar-refractivity contribution is 0.950. The summed E-state index contributed by atoms with van der Waals surface area (Å²) in [5.41, 5.74) is 4.53. The molecule has 0 aliphatic rings. The lowest BCUT2D eigenvalue weighted by Gasteiger charge is -2.16. The summed E-state index contributed by atoms with van der Waals surface area (Å²) >= 11 is 1.57. The maximum atomic E-state index is 4.71. The fourth-order valence-electron chi connectivity index (χ4n) is 2.89. The van der Waals surface area contributed by atoms with E-state index < -0.39 is 0 Å². The smallest absolute Gasteiger partial charge is 0.214 e. The Morgan fingerprint density at radius 2 is 1.92 bits per heavy atom. The van der Waals surface area contributed by atoms with Gasteiger partial charge in [0.1, 0.15) is 0 Å². The van der Waals surface area contributed by atoms with Gasteiger partial charge in [-0.25, -0.2) is 9.50 Å². The number of anilines is 2. The van der Waals surface area contributed by atoms with Gasteiger partial charge in [-0.2, -0.15) is 0 Å². The number of nitrogens with one attached hydrogen (secondary N) is 1. The van der Waals surface area contributed by atoms with Gasteiger partial charge in [0.2, 0.25) is 10.1 Å². The van der Waals surface area contributed by atoms with Gasteiger partial charge in [0.15, 0.2) is 0 Å². The predicted molar refractivity (Wildman–Crippen MR) is 107 cm³/mol. The molecule has 0 amide bonds. The number of hydrogen-bond acceptors (Lipinski definition) is 6. The molecular weight excluding hydrogens is 344 g/mol. The molecule has 3 aromatic heterocycles. The van der Waals surface area contributed by atoms with Crippen molar-refractivity contribution in [1.29, 1.82) is 0 Å². The van der Waals surface area contributed by atoms with Crippen LogP contribution in [0.1, 0.15) is 5.56 Å². The van der Waals surface area contributed by atoms with Crippen LogP contribution < -0.4 is 10.2 Å². The summed E-state index contributed by atoms with van der Waals surface area (Å²) < 4.78 is 1.92. The zero-order valence-corrected chi connectivity index (χ0v) is 15.6. The molecule has 7 heteroatoms. The monoisotopic (exact) mass is 364 g/mol. The number of fused-ring (bicyclic) bond motifs is 1. The van der Waals surface area contributed by atoms with Crippen LogP contribution in [0.3, 0.4) is 0 Å². The average Bonchev–Trinajstić information content (AvgIpc) is 3.23. The number of rotatable bonds is 6. The van der Waals surface area contributed by atoms with Crippen LogP contribution in [0, 0.1) is 0 Å². The van der Waals surface area contributed by atoms with Crippen molar-refractivity contribution in [2.45, 2.75) is 6.42 Å². The van der Waals surface area contributed by atoms with Gasteiger partial charge >= 0.3 is 0 Å². The van der Waals surface area contributed by atoms with E-state index in [1.54, 1.807) is 11.3 Å². The van der Waals surface area contributed by atoms with Crippen LogP contribution in [-0.2, 0) is 6.42 Å². The molecule has 0 aliphatic heterocycles. The molecule has 1 N–H and O–H groups in total. The second kappa shape index (κ2) is 7.13.